The van der Waals surface area contributed by atoms with Gasteiger partial charge in [0.2, 0.25) is 5.95 Å². The topological polar surface area (TPSA) is 38.2 Å². The zero-order valence-corrected chi connectivity index (χ0v) is 18.3. The van der Waals surface area contributed by atoms with Gasteiger partial charge in [-0.15, -0.1) is 0 Å². The standard InChI is InChI=1S/C25H25F4N3O/c1-33-16-32(15-18-9-6-12-22(26)30-18)23-14-13-21(25(27,28)29)24(31-23)20-11-5-4-10-19(20)17-7-2-3-8-17/h4-6,9-14,17H,2-3,7-8,15-16H2,1H3. The molecule has 4 nitrogen and oxygen atoms in total. The van der Waals surface area contributed by atoms with Crippen LogP contribution in [0.1, 0.15) is 48.4 Å². The summed E-state index contributed by atoms with van der Waals surface area (Å²) in [7, 11) is 1.48. The van der Waals surface area contributed by atoms with Crippen LogP contribution in [0.25, 0.3) is 11.3 Å². The second kappa shape index (κ2) is 9.87. The largest absolute Gasteiger partial charge is 0.418 e. The van der Waals surface area contributed by atoms with Gasteiger partial charge in [0.25, 0.3) is 0 Å². The van der Waals surface area contributed by atoms with Crippen molar-refractivity contribution in [3.05, 3.63) is 77.4 Å². The van der Waals surface area contributed by atoms with E-state index >= 15 is 0 Å². The number of rotatable bonds is 7. The van der Waals surface area contributed by atoms with Crippen molar-refractivity contribution in [1.29, 1.82) is 0 Å². The summed E-state index contributed by atoms with van der Waals surface area (Å²) in [5.41, 5.74) is 0.936. The lowest BCUT2D eigenvalue weighted by Gasteiger charge is -2.25. The second-order valence-corrected chi connectivity index (χ2v) is 8.20. The normalized spacial score (nSPS) is 14.6. The molecule has 8 heteroatoms. The van der Waals surface area contributed by atoms with Crippen LogP contribution in [0.2, 0.25) is 0 Å². The van der Waals surface area contributed by atoms with Crippen molar-refractivity contribution in [2.24, 2.45) is 0 Å². The Bertz CT molecular complexity index is 1100. The van der Waals surface area contributed by atoms with Crippen molar-refractivity contribution in [1.82, 2.24) is 9.97 Å². The molecule has 0 atom stereocenters. The van der Waals surface area contributed by atoms with Crippen LogP contribution in [0.4, 0.5) is 23.4 Å². The third-order valence-electron chi connectivity index (χ3n) is 5.93. The van der Waals surface area contributed by atoms with Crippen molar-refractivity contribution >= 4 is 5.82 Å². The summed E-state index contributed by atoms with van der Waals surface area (Å²) in [6, 6.07) is 14.0. The molecule has 0 aliphatic heterocycles. The monoisotopic (exact) mass is 459 g/mol. The molecule has 4 rings (SSSR count). The Morgan fingerprint density at radius 1 is 0.970 bits per heavy atom. The van der Waals surface area contributed by atoms with Crippen LogP contribution in [0.5, 0.6) is 0 Å². The van der Waals surface area contributed by atoms with Crippen LogP contribution in [0.3, 0.4) is 0 Å². The van der Waals surface area contributed by atoms with Crippen LogP contribution in [-0.4, -0.2) is 23.8 Å². The van der Waals surface area contributed by atoms with Gasteiger partial charge < -0.3 is 9.64 Å². The number of methoxy groups -OCH3 is 1. The van der Waals surface area contributed by atoms with E-state index in [1.54, 1.807) is 23.1 Å². The van der Waals surface area contributed by atoms with E-state index in [0.29, 0.717) is 17.1 Å². The van der Waals surface area contributed by atoms with Gasteiger partial charge in [0.1, 0.15) is 12.5 Å². The molecule has 2 aromatic heterocycles. The zero-order valence-electron chi connectivity index (χ0n) is 18.3. The average Bonchev–Trinajstić information content (AvgIpc) is 3.33. The molecule has 0 bridgehead atoms. The molecule has 0 radical (unpaired) electrons. The van der Waals surface area contributed by atoms with E-state index in [0.717, 1.165) is 37.3 Å². The highest BCUT2D eigenvalue weighted by atomic mass is 19.4. The smallest absolute Gasteiger partial charge is 0.364 e. The Hall–Kier alpha value is -3.00. The average molecular weight is 459 g/mol. The van der Waals surface area contributed by atoms with Crippen LogP contribution < -0.4 is 4.90 Å². The Morgan fingerprint density at radius 2 is 1.73 bits per heavy atom. The maximum absolute atomic E-state index is 14.0. The Kier molecular flexibility index (Phi) is 6.93. The molecule has 33 heavy (non-hydrogen) atoms. The van der Waals surface area contributed by atoms with Crippen molar-refractivity contribution in [2.75, 3.05) is 18.7 Å². The maximum Gasteiger partial charge on any atom is 0.418 e. The van der Waals surface area contributed by atoms with Gasteiger partial charge in [0.05, 0.1) is 23.5 Å². The van der Waals surface area contributed by atoms with E-state index in [2.05, 4.69) is 9.97 Å². The number of pyridine rings is 2. The van der Waals surface area contributed by atoms with E-state index in [-0.39, 0.29) is 24.9 Å². The van der Waals surface area contributed by atoms with E-state index in [1.165, 1.54) is 25.3 Å². The molecule has 0 amide bonds. The number of anilines is 1. The minimum atomic E-state index is -4.56. The van der Waals surface area contributed by atoms with Crippen LogP contribution in [0, 0.1) is 5.95 Å². The Labute approximate surface area is 190 Å². The molecule has 1 aliphatic rings. The third kappa shape index (κ3) is 5.33. The molecule has 174 valence electrons. The number of aromatic nitrogens is 2. The number of ether oxygens (including phenoxy) is 1. The number of hydrogen-bond donors (Lipinski definition) is 0. The summed E-state index contributed by atoms with van der Waals surface area (Å²) in [5.74, 6) is -0.108. The van der Waals surface area contributed by atoms with Crippen molar-refractivity contribution in [3.8, 4) is 11.3 Å². The van der Waals surface area contributed by atoms with Crippen LogP contribution >= 0.6 is 0 Å². The number of alkyl halides is 3. The van der Waals surface area contributed by atoms with Crippen molar-refractivity contribution < 1.29 is 22.3 Å². The lowest BCUT2D eigenvalue weighted by atomic mass is 9.90. The molecule has 1 aliphatic carbocycles. The van der Waals surface area contributed by atoms with Gasteiger partial charge in [0, 0.05) is 12.7 Å². The maximum atomic E-state index is 14.0. The minimum absolute atomic E-state index is 0.0558. The molecule has 1 saturated carbocycles. The number of halogens is 4. The first kappa shape index (κ1) is 23.2. The van der Waals surface area contributed by atoms with E-state index in [1.807, 2.05) is 12.1 Å². The Morgan fingerprint density at radius 3 is 2.42 bits per heavy atom. The molecule has 0 unspecified atom stereocenters. The van der Waals surface area contributed by atoms with Gasteiger partial charge in [-0.3, -0.25) is 0 Å². The fourth-order valence-corrected chi connectivity index (χ4v) is 4.45. The summed E-state index contributed by atoms with van der Waals surface area (Å²) < 4.78 is 60.8. The summed E-state index contributed by atoms with van der Waals surface area (Å²) >= 11 is 0. The molecule has 1 fully saturated rings. The van der Waals surface area contributed by atoms with Crippen molar-refractivity contribution in [2.45, 2.75) is 44.3 Å². The van der Waals surface area contributed by atoms with Gasteiger partial charge in [-0.25, -0.2) is 9.97 Å². The van der Waals surface area contributed by atoms with Gasteiger partial charge >= 0.3 is 6.18 Å². The Balaban J connectivity index is 1.80. The first-order valence-electron chi connectivity index (χ1n) is 10.9. The van der Waals surface area contributed by atoms with Gasteiger partial charge in [-0.2, -0.15) is 17.6 Å². The highest BCUT2D eigenvalue weighted by Gasteiger charge is 2.36. The first-order valence-corrected chi connectivity index (χ1v) is 10.9. The predicted molar refractivity (Wildman–Crippen MR) is 118 cm³/mol. The summed E-state index contributed by atoms with van der Waals surface area (Å²) in [6.07, 6.45) is -0.500. The van der Waals surface area contributed by atoms with Crippen LogP contribution in [0.15, 0.2) is 54.6 Å². The van der Waals surface area contributed by atoms with E-state index in [9.17, 15) is 17.6 Å². The van der Waals surface area contributed by atoms with Gasteiger partial charge in [-0.05, 0) is 48.6 Å². The first-order chi connectivity index (χ1) is 15.9. The molecule has 1 aromatic carbocycles. The predicted octanol–water partition coefficient (Wildman–Crippen LogP) is 6.57. The number of benzene rings is 1. The molecule has 3 aromatic rings. The SMILES string of the molecule is COCN(Cc1cccc(F)n1)c1ccc(C(F)(F)F)c(-c2ccccc2C2CCCC2)n1. The van der Waals surface area contributed by atoms with Gasteiger partial charge in [0.15, 0.2) is 0 Å². The molecular formula is C25H25F4N3O. The molecule has 2 heterocycles. The fraction of sp³-hybridized carbons (Fsp3) is 0.360. The van der Waals surface area contributed by atoms with E-state index < -0.39 is 17.7 Å². The number of nitrogens with zero attached hydrogens (tertiary/aromatic N) is 3. The highest BCUT2D eigenvalue weighted by Crippen LogP contribution is 2.43. The lowest BCUT2D eigenvalue weighted by molar-refractivity contribution is -0.137. The zero-order chi connectivity index (χ0) is 23.4. The molecule has 0 saturated heterocycles. The lowest BCUT2D eigenvalue weighted by Crippen LogP contribution is -2.27. The summed E-state index contributed by atoms with van der Waals surface area (Å²) in [6.45, 7) is 0.188. The third-order valence-corrected chi connectivity index (χ3v) is 5.93. The highest BCUT2D eigenvalue weighted by molar-refractivity contribution is 5.70. The molecular weight excluding hydrogens is 434 g/mol. The summed E-state index contributed by atoms with van der Waals surface area (Å²) in [5, 5.41) is 0. The number of hydrogen-bond acceptors (Lipinski definition) is 4. The quantitative estimate of drug-likeness (QED) is 0.228. The molecule has 0 spiro atoms. The van der Waals surface area contributed by atoms with E-state index in [4.69, 9.17) is 4.74 Å². The molecule has 0 N–H and O–H groups in total. The second-order valence-electron chi connectivity index (χ2n) is 8.20. The van der Waals surface area contributed by atoms with Crippen LogP contribution in [-0.2, 0) is 17.5 Å². The minimum Gasteiger partial charge on any atom is -0.364 e. The fourth-order valence-electron chi connectivity index (χ4n) is 4.45. The van der Waals surface area contributed by atoms with Gasteiger partial charge in [-0.1, -0.05) is 43.2 Å². The summed E-state index contributed by atoms with van der Waals surface area (Å²) in [4.78, 5) is 9.96. The van der Waals surface area contributed by atoms with Crippen molar-refractivity contribution in [3.63, 3.8) is 0 Å².